The van der Waals surface area contributed by atoms with Gasteiger partial charge in [0.1, 0.15) is 11.5 Å². The topological polar surface area (TPSA) is 47.6 Å². The number of carbonyl (C=O) groups excluding carboxylic acids is 1. The summed E-state index contributed by atoms with van der Waals surface area (Å²) in [5, 5.41) is 3.65. The average Bonchev–Trinajstić information content (AvgIpc) is 2.58. The Morgan fingerprint density at radius 1 is 1.08 bits per heavy atom. The van der Waals surface area contributed by atoms with Gasteiger partial charge in [0.2, 0.25) is 0 Å². The smallest absolute Gasteiger partial charge is 0.258 e. The van der Waals surface area contributed by atoms with Crippen LogP contribution in [0.5, 0.6) is 11.5 Å². The molecule has 0 aliphatic carbocycles. The van der Waals surface area contributed by atoms with Gasteiger partial charge in [-0.1, -0.05) is 23.7 Å². The van der Waals surface area contributed by atoms with Crippen LogP contribution in [0.4, 0.5) is 0 Å². The highest BCUT2D eigenvalue weighted by molar-refractivity contribution is 6.32. The minimum atomic E-state index is -0.174. The van der Waals surface area contributed by atoms with Crippen LogP contribution in [0.1, 0.15) is 36.6 Å². The van der Waals surface area contributed by atoms with Crippen molar-refractivity contribution < 1.29 is 14.3 Å². The lowest BCUT2D eigenvalue weighted by molar-refractivity contribution is -0.123. The first-order valence-electron chi connectivity index (χ1n) is 8.32. The van der Waals surface area contributed by atoms with Crippen molar-refractivity contribution >= 4 is 17.5 Å². The maximum Gasteiger partial charge on any atom is 0.258 e. The van der Waals surface area contributed by atoms with Gasteiger partial charge >= 0.3 is 0 Å². The lowest BCUT2D eigenvalue weighted by Crippen LogP contribution is -2.31. The zero-order valence-electron chi connectivity index (χ0n) is 15.1. The van der Waals surface area contributed by atoms with Crippen molar-refractivity contribution in [1.29, 1.82) is 0 Å². The first-order chi connectivity index (χ1) is 11.9. The maximum absolute atomic E-state index is 12.1. The molecule has 0 spiro atoms. The number of hydrogen-bond donors (Lipinski definition) is 1. The fourth-order valence-electron chi connectivity index (χ4n) is 2.52. The molecule has 0 heterocycles. The number of aryl methyl sites for hydroxylation is 2. The average molecular weight is 362 g/mol. The summed E-state index contributed by atoms with van der Waals surface area (Å²) in [5.41, 5.74) is 2.87. The Balaban J connectivity index is 1.89. The summed E-state index contributed by atoms with van der Waals surface area (Å²) in [6.07, 6.45) is 0. The highest BCUT2D eigenvalue weighted by Crippen LogP contribution is 2.25. The third kappa shape index (κ3) is 5.40. The molecule has 0 saturated heterocycles. The summed E-state index contributed by atoms with van der Waals surface area (Å²) < 4.78 is 11.0. The van der Waals surface area contributed by atoms with Crippen molar-refractivity contribution in [3.8, 4) is 11.5 Å². The Hall–Kier alpha value is -2.20. The molecule has 2 rings (SSSR count). The largest absolute Gasteiger partial charge is 0.494 e. The number of carbonyl (C=O) groups is 1. The molecule has 0 aliphatic heterocycles. The van der Waals surface area contributed by atoms with E-state index in [-0.39, 0.29) is 18.6 Å². The van der Waals surface area contributed by atoms with Crippen LogP contribution in [-0.4, -0.2) is 19.1 Å². The van der Waals surface area contributed by atoms with Gasteiger partial charge in [0.25, 0.3) is 5.91 Å². The van der Waals surface area contributed by atoms with Gasteiger partial charge in [0.05, 0.1) is 12.6 Å². The minimum Gasteiger partial charge on any atom is -0.494 e. The molecule has 0 fully saturated rings. The number of benzene rings is 2. The van der Waals surface area contributed by atoms with Gasteiger partial charge < -0.3 is 14.8 Å². The monoisotopic (exact) mass is 361 g/mol. The third-order valence-corrected chi connectivity index (χ3v) is 4.44. The summed E-state index contributed by atoms with van der Waals surface area (Å²) in [4.78, 5) is 12.1. The fourth-order valence-corrected chi connectivity index (χ4v) is 2.63. The van der Waals surface area contributed by atoms with E-state index in [9.17, 15) is 4.79 Å². The summed E-state index contributed by atoms with van der Waals surface area (Å²) in [6, 6.07) is 11.2. The number of rotatable bonds is 7. The van der Waals surface area contributed by atoms with E-state index in [4.69, 9.17) is 21.1 Å². The molecular formula is C20H24ClNO3. The van der Waals surface area contributed by atoms with E-state index in [2.05, 4.69) is 5.32 Å². The molecule has 134 valence electrons. The fraction of sp³-hybridized carbons (Fsp3) is 0.350. The predicted octanol–water partition coefficient (Wildman–Crippen LogP) is 4.61. The maximum atomic E-state index is 12.1. The molecule has 4 nitrogen and oxygen atoms in total. The van der Waals surface area contributed by atoms with Crippen molar-refractivity contribution in [2.45, 2.75) is 33.7 Å². The van der Waals surface area contributed by atoms with E-state index in [0.717, 1.165) is 27.5 Å². The van der Waals surface area contributed by atoms with Crippen LogP contribution in [0.25, 0.3) is 0 Å². The minimum absolute atomic E-state index is 0.0398. The molecule has 0 aliphatic rings. The van der Waals surface area contributed by atoms with Gasteiger partial charge in [0.15, 0.2) is 6.61 Å². The number of ether oxygens (including phenoxy) is 2. The Bertz CT molecular complexity index is 705. The van der Waals surface area contributed by atoms with Crippen molar-refractivity contribution in [2.24, 2.45) is 0 Å². The van der Waals surface area contributed by atoms with Crippen LogP contribution < -0.4 is 14.8 Å². The van der Waals surface area contributed by atoms with Gasteiger partial charge in [0, 0.05) is 5.02 Å². The molecule has 0 aromatic heterocycles. The zero-order chi connectivity index (χ0) is 18.4. The number of hydrogen-bond acceptors (Lipinski definition) is 3. The second-order valence-corrected chi connectivity index (χ2v) is 6.33. The molecule has 1 amide bonds. The highest BCUT2D eigenvalue weighted by atomic mass is 35.5. The number of halogens is 1. The van der Waals surface area contributed by atoms with E-state index in [1.54, 1.807) is 0 Å². The summed E-state index contributed by atoms with van der Waals surface area (Å²) in [7, 11) is 0. The number of amides is 1. The van der Waals surface area contributed by atoms with Crippen molar-refractivity contribution in [3.63, 3.8) is 0 Å². The normalized spacial score (nSPS) is 11.7. The lowest BCUT2D eigenvalue weighted by atomic mass is 10.1. The predicted molar refractivity (Wildman–Crippen MR) is 101 cm³/mol. The summed E-state index contributed by atoms with van der Waals surface area (Å²) in [6.45, 7) is 8.30. The second kappa shape index (κ2) is 8.77. The van der Waals surface area contributed by atoms with E-state index in [0.29, 0.717) is 12.4 Å². The van der Waals surface area contributed by atoms with Crippen LogP contribution >= 0.6 is 11.6 Å². The van der Waals surface area contributed by atoms with Crippen LogP contribution in [0.15, 0.2) is 36.4 Å². The molecule has 1 N–H and O–H groups in total. The Kier molecular flexibility index (Phi) is 6.71. The van der Waals surface area contributed by atoms with Crippen LogP contribution in [-0.2, 0) is 4.79 Å². The van der Waals surface area contributed by atoms with Gasteiger partial charge in [-0.3, -0.25) is 4.79 Å². The number of nitrogens with one attached hydrogen (secondary N) is 1. The Morgan fingerprint density at radius 2 is 1.68 bits per heavy atom. The van der Waals surface area contributed by atoms with Crippen LogP contribution in [0.2, 0.25) is 5.02 Å². The van der Waals surface area contributed by atoms with E-state index >= 15 is 0 Å². The Labute approximate surface area is 154 Å². The molecule has 0 saturated carbocycles. The van der Waals surface area contributed by atoms with Crippen molar-refractivity contribution in [1.82, 2.24) is 5.32 Å². The highest BCUT2D eigenvalue weighted by Gasteiger charge is 2.11. The first-order valence-corrected chi connectivity index (χ1v) is 8.70. The second-order valence-electron chi connectivity index (χ2n) is 5.95. The molecule has 0 radical (unpaired) electrons. The van der Waals surface area contributed by atoms with Crippen molar-refractivity contribution in [3.05, 3.63) is 58.1 Å². The molecule has 25 heavy (non-hydrogen) atoms. The van der Waals surface area contributed by atoms with Crippen LogP contribution in [0, 0.1) is 13.8 Å². The van der Waals surface area contributed by atoms with E-state index < -0.39 is 0 Å². The third-order valence-electron chi connectivity index (χ3n) is 3.85. The molecule has 2 aromatic carbocycles. The van der Waals surface area contributed by atoms with Gasteiger partial charge in [-0.05, 0) is 68.7 Å². The molecule has 5 heteroatoms. The summed E-state index contributed by atoms with van der Waals surface area (Å²) >= 11 is 6.14. The van der Waals surface area contributed by atoms with Crippen molar-refractivity contribution in [2.75, 3.05) is 13.2 Å². The standard InChI is InChI=1S/C20H24ClNO3/c1-5-24-17-8-6-16(7-9-17)15(4)22-19(23)12-25-18-10-13(2)20(21)14(3)11-18/h6-11,15H,5,12H2,1-4H3,(H,22,23)/t15-/m0/s1. The van der Waals surface area contributed by atoms with Gasteiger partial charge in [-0.25, -0.2) is 0 Å². The van der Waals surface area contributed by atoms with E-state index in [1.807, 2.05) is 64.1 Å². The quantitative estimate of drug-likeness (QED) is 0.783. The Morgan fingerprint density at radius 3 is 2.24 bits per heavy atom. The summed E-state index contributed by atoms with van der Waals surface area (Å²) in [5.74, 6) is 1.29. The lowest BCUT2D eigenvalue weighted by Gasteiger charge is -2.16. The molecule has 1 atom stereocenters. The van der Waals surface area contributed by atoms with Gasteiger partial charge in [-0.15, -0.1) is 0 Å². The molecule has 2 aromatic rings. The molecule has 0 bridgehead atoms. The zero-order valence-corrected chi connectivity index (χ0v) is 15.8. The van der Waals surface area contributed by atoms with E-state index in [1.165, 1.54) is 0 Å². The SMILES string of the molecule is CCOc1ccc([C@H](C)NC(=O)COc2cc(C)c(Cl)c(C)c2)cc1. The molecule has 0 unspecified atom stereocenters. The van der Waals surface area contributed by atoms with Crippen LogP contribution in [0.3, 0.4) is 0 Å². The first kappa shape index (κ1) is 19.1. The molecular weight excluding hydrogens is 338 g/mol. The van der Waals surface area contributed by atoms with Gasteiger partial charge in [-0.2, -0.15) is 0 Å².